The molecule has 2 aromatic carbocycles. The van der Waals surface area contributed by atoms with Crippen molar-refractivity contribution in [2.75, 3.05) is 24.7 Å². The molecule has 4 rings (SSSR count). The molecular weight excluding hydrogens is 358 g/mol. The van der Waals surface area contributed by atoms with Crippen molar-refractivity contribution in [2.45, 2.75) is 25.0 Å². The van der Waals surface area contributed by atoms with E-state index >= 15 is 0 Å². The van der Waals surface area contributed by atoms with E-state index in [-0.39, 0.29) is 0 Å². The van der Waals surface area contributed by atoms with Crippen LogP contribution in [-0.2, 0) is 11.3 Å². The quantitative estimate of drug-likeness (QED) is 0.705. The highest BCUT2D eigenvalue weighted by Crippen LogP contribution is 2.29. The fraction of sp³-hybridized carbons (Fsp3) is 0.333. The second kappa shape index (κ2) is 8.17. The van der Waals surface area contributed by atoms with Crippen LogP contribution in [0.3, 0.4) is 0 Å². The van der Waals surface area contributed by atoms with Gasteiger partial charge in [-0.15, -0.1) is 0 Å². The molecule has 0 amide bonds. The molecule has 140 valence electrons. The summed E-state index contributed by atoms with van der Waals surface area (Å²) in [6.07, 6.45) is 1.28. The van der Waals surface area contributed by atoms with E-state index in [4.69, 9.17) is 9.72 Å². The molecule has 0 spiro atoms. The Morgan fingerprint density at radius 2 is 1.67 bits per heavy atom. The fourth-order valence-electron chi connectivity index (χ4n) is 3.31. The number of rotatable bonds is 6. The molecule has 1 fully saturated rings. The average Bonchev–Trinajstić information content (AvgIpc) is 3.20. The largest absolute Gasteiger partial charge is 0.388 e. The van der Waals surface area contributed by atoms with Crippen molar-refractivity contribution in [3.63, 3.8) is 0 Å². The van der Waals surface area contributed by atoms with E-state index in [1.54, 1.807) is 0 Å². The Hall–Kier alpha value is -2.28. The molecule has 0 aliphatic carbocycles. The van der Waals surface area contributed by atoms with Gasteiger partial charge >= 0.3 is 0 Å². The lowest BCUT2D eigenvalue weighted by Gasteiger charge is -2.36. The molecule has 1 aliphatic heterocycles. The second-order valence-electron chi connectivity index (χ2n) is 6.94. The normalized spacial score (nSPS) is 16.2. The van der Waals surface area contributed by atoms with Crippen LogP contribution in [0.15, 0.2) is 60.7 Å². The lowest BCUT2D eigenvalue weighted by atomic mass is 9.94. The molecule has 1 saturated heterocycles. The van der Waals surface area contributed by atoms with Crippen LogP contribution in [0.1, 0.15) is 18.4 Å². The first-order valence-electron chi connectivity index (χ1n) is 9.20. The van der Waals surface area contributed by atoms with Gasteiger partial charge in [-0.2, -0.15) is 9.36 Å². The summed E-state index contributed by atoms with van der Waals surface area (Å²) in [4.78, 5) is 6.91. The Morgan fingerprint density at radius 3 is 2.37 bits per heavy atom. The Morgan fingerprint density at radius 1 is 1.00 bits per heavy atom. The summed E-state index contributed by atoms with van der Waals surface area (Å²) in [6, 6.07) is 20.3. The monoisotopic (exact) mass is 381 g/mol. The molecule has 1 aliphatic rings. The molecule has 0 unspecified atom stereocenters. The predicted octanol–water partition coefficient (Wildman–Crippen LogP) is 3.75. The molecular formula is C21H23N3O2S. The molecule has 6 heteroatoms. The number of ether oxygens (including phenoxy) is 1. The van der Waals surface area contributed by atoms with Crippen molar-refractivity contribution in [1.82, 2.24) is 9.36 Å². The maximum absolute atomic E-state index is 11.0. The smallest absolute Gasteiger partial charge is 0.205 e. The minimum Gasteiger partial charge on any atom is -0.388 e. The summed E-state index contributed by atoms with van der Waals surface area (Å²) in [6.45, 7) is 2.41. The van der Waals surface area contributed by atoms with E-state index in [1.807, 2.05) is 48.5 Å². The molecule has 27 heavy (non-hydrogen) atoms. The van der Waals surface area contributed by atoms with Crippen molar-refractivity contribution < 1.29 is 9.84 Å². The summed E-state index contributed by atoms with van der Waals surface area (Å²) in [5, 5.41) is 11.9. The minimum atomic E-state index is -0.758. The van der Waals surface area contributed by atoms with E-state index in [0.29, 0.717) is 39.1 Å². The first-order chi connectivity index (χ1) is 13.2. The highest BCUT2D eigenvalue weighted by atomic mass is 32.1. The number of hydrogen-bond donors (Lipinski definition) is 1. The Balaban J connectivity index is 1.60. The SMILES string of the molecule is OC1(CN(Cc2ccccc2)c2nc(-c3ccccc3)ns2)CCOCC1. The van der Waals surface area contributed by atoms with Gasteiger partial charge in [0.05, 0.1) is 5.60 Å². The zero-order valence-electron chi connectivity index (χ0n) is 15.1. The van der Waals surface area contributed by atoms with Crippen molar-refractivity contribution in [1.29, 1.82) is 0 Å². The first-order valence-corrected chi connectivity index (χ1v) is 9.97. The van der Waals surface area contributed by atoms with Crippen molar-refractivity contribution in [2.24, 2.45) is 0 Å². The molecule has 0 bridgehead atoms. The molecule has 1 aromatic heterocycles. The van der Waals surface area contributed by atoms with Crippen molar-refractivity contribution in [3.05, 3.63) is 66.2 Å². The molecule has 0 radical (unpaired) electrons. The molecule has 1 N–H and O–H groups in total. The number of benzene rings is 2. The van der Waals surface area contributed by atoms with Gasteiger partial charge in [0.2, 0.25) is 5.13 Å². The maximum atomic E-state index is 11.0. The van der Waals surface area contributed by atoms with Crippen LogP contribution in [0.4, 0.5) is 5.13 Å². The first kappa shape index (κ1) is 18.1. The van der Waals surface area contributed by atoms with E-state index in [2.05, 4.69) is 21.4 Å². The summed E-state index contributed by atoms with van der Waals surface area (Å²) in [7, 11) is 0. The minimum absolute atomic E-state index is 0.522. The van der Waals surface area contributed by atoms with E-state index in [0.717, 1.165) is 16.5 Å². The van der Waals surface area contributed by atoms with Gasteiger partial charge in [0.15, 0.2) is 5.82 Å². The zero-order valence-corrected chi connectivity index (χ0v) is 15.9. The number of aliphatic hydroxyl groups is 1. The Labute approximate surface area is 163 Å². The van der Waals surface area contributed by atoms with Crippen LogP contribution >= 0.6 is 11.5 Å². The van der Waals surface area contributed by atoms with E-state index in [1.165, 1.54) is 17.1 Å². The Kier molecular flexibility index (Phi) is 5.48. The lowest BCUT2D eigenvalue weighted by molar-refractivity contribution is -0.0579. The van der Waals surface area contributed by atoms with Crippen LogP contribution in [0.2, 0.25) is 0 Å². The summed E-state index contributed by atoms with van der Waals surface area (Å²) in [5.41, 5.74) is 1.43. The van der Waals surface area contributed by atoms with Gasteiger partial charge < -0.3 is 14.7 Å². The third-order valence-electron chi connectivity index (χ3n) is 4.84. The molecule has 2 heterocycles. The maximum Gasteiger partial charge on any atom is 0.205 e. The average molecular weight is 382 g/mol. The van der Waals surface area contributed by atoms with Gasteiger partial charge in [0, 0.05) is 56.2 Å². The second-order valence-corrected chi connectivity index (χ2v) is 7.68. The van der Waals surface area contributed by atoms with Crippen LogP contribution in [0.5, 0.6) is 0 Å². The third kappa shape index (κ3) is 4.53. The van der Waals surface area contributed by atoms with Gasteiger partial charge in [-0.25, -0.2) is 0 Å². The number of hydrogen-bond acceptors (Lipinski definition) is 6. The topological polar surface area (TPSA) is 58.5 Å². The van der Waals surface area contributed by atoms with E-state index < -0.39 is 5.60 Å². The van der Waals surface area contributed by atoms with Gasteiger partial charge in [-0.3, -0.25) is 0 Å². The van der Waals surface area contributed by atoms with Crippen LogP contribution in [-0.4, -0.2) is 39.8 Å². The lowest BCUT2D eigenvalue weighted by Crippen LogP contribution is -2.46. The van der Waals surface area contributed by atoms with Crippen molar-refractivity contribution in [3.8, 4) is 11.4 Å². The summed E-state index contributed by atoms with van der Waals surface area (Å²) < 4.78 is 9.98. The van der Waals surface area contributed by atoms with Gasteiger partial charge in [-0.05, 0) is 5.56 Å². The highest BCUT2D eigenvalue weighted by Gasteiger charge is 2.33. The summed E-state index contributed by atoms with van der Waals surface area (Å²) in [5.74, 6) is 0.729. The number of aromatic nitrogens is 2. The molecule has 3 aromatic rings. The van der Waals surface area contributed by atoms with Crippen LogP contribution in [0, 0.1) is 0 Å². The van der Waals surface area contributed by atoms with E-state index in [9.17, 15) is 5.11 Å². The van der Waals surface area contributed by atoms with Crippen LogP contribution in [0.25, 0.3) is 11.4 Å². The third-order valence-corrected chi connectivity index (χ3v) is 5.62. The number of nitrogens with zero attached hydrogens (tertiary/aromatic N) is 3. The standard InChI is InChI=1S/C21H23N3O2S/c25-21(11-13-26-14-12-21)16-24(15-17-7-3-1-4-8-17)20-22-19(23-27-20)18-9-5-2-6-10-18/h1-10,25H,11-16H2. The van der Waals surface area contributed by atoms with Gasteiger partial charge in [-0.1, -0.05) is 60.7 Å². The molecule has 0 atom stereocenters. The fourth-order valence-corrected chi connectivity index (χ4v) is 3.99. The summed E-state index contributed by atoms with van der Waals surface area (Å²) >= 11 is 1.38. The highest BCUT2D eigenvalue weighted by molar-refractivity contribution is 7.09. The zero-order chi connectivity index (χ0) is 18.5. The molecule has 0 saturated carbocycles. The predicted molar refractivity (Wildman–Crippen MR) is 108 cm³/mol. The van der Waals surface area contributed by atoms with Crippen molar-refractivity contribution >= 4 is 16.7 Å². The van der Waals surface area contributed by atoms with Gasteiger partial charge in [0.25, 0.3) is 0 Å². The Bertz CT molecular complexity index is 848. The molecule has 5 nitrogen and oxygen atoms in total. The van der Waals surface area contributed by atoms with Gasteiger partial charge in [0.1, 0.15) is 0 Å². The number of anilines is 1. The van der Waals surface area contributed by atoms with Crippen LogP contribution < -0.4 is 4.90 Å².